The van der Waals surface area contributed by atoms with Gasteiger partial charge in [0.05, 0.1) is 41.7 Å². The first-order valence-electron chi connectivity index (χ1n) is 9.18. The number of fused-ring (bicyclic) bond motifs is 1. The summed E-state index contributed by atoms with van der Waals surface area (Å²) in [7, 11) is 0. The molecule has 2 aromatic heterocycles. The van der Waals surface area contributed by atoms with Crippen LogP contribution in [0.4, 0.5) is 0 Å². The van der Waals surface area contributed by atoms with Crippen molar-refractivity contribution in [2.24, 2.45) is 0 Å². The lowest BCUT2D eigenvalue weighted by molar-refractivity contribution is 0.0883. The van der Waals surface area contributed by atoms with Crippen LogP contribution in [0.25, 0.3) is 11.0 Å². The Morgan fingerprint density at radius 1 is 1.37 bits per heavy atom. The molecule has 0 spiro atoms. The minimum atomic E-state index is -0.563. The number of benzene rings is 1. The highest BCUT2D eigenvalue weighted by Crippen LogP contribution is 2.15. The number of imidazole rings is 1. The van der Waals surface area contributed by atoms with E-state index in [4.69, 9.17) is 0 Å². The molecule has 8 heteroatoms. The summed E-state index contributed by atoms with van der Waals surface area (Å²) in [5, 5.41) is 20.1. The maximum Gasteiger partial charge on any atom is 0.272 e. The van der Waals surface area contributed by atoms with E-state index in [2.05, 4.69) is 39.2 Å². The SMILES string of the molecule is CC(C)N1C[C@H](NC(=O)c2cc(Cn3cnc4ccccc43)[nH]n2)[C@@H](O)C1. The van der Waals surface area contributed by atoms with Gasteiger partial charge < -0.3 is 15.0 Å². The van der Waals surface area contributed by atoms with Crippen LogP contribution in [0.3, 0.4) is 0 Å². The molecule has 8 nitrogen and oxygen atoms in total. The Bertz CT molecular complexity index is 946. The van der Waals surface area contributed by atoms with Crippen LogP contribution in [0.5, 0.6) is 0 Å². The fourth-order valence-corrected chi connectivity index (χ4v) is 3.50. The average molecular weight is 368 g/mol. The fourth-order valence-electron chi connectivity index (χ4n) is 3.50. The number of carbonyl (C=O) groups excluding carboxylic acids is 1. The molecule has 0 radical (unpaired) electrons. The second kappa shape index (κ2) is 7.13. The molecule has 4 rings (SSSR count). The predicted molar refractivity (Wildman–Crippen MR) is 101 cm³/mol. The van der Waals surface area contributed by atoms with Gasteiger partial charge in [0.1, 0.15) is 5.69 Å². The quantitative estimate of drug-likeness (QED) is 0.624. The number of aliphatic hydroxyl groups excluding tert-OH is 1. The van der Waals surface area contributed by atoms with E-state index in [-0.39, 0.29) is 11.9 Å². The first kappa shape index (κ1) is 17.7. The fraction of sp³-hybridized carbons (Fsp3) is 0.421. The first-order chi connectivity index (χ1) is 13.0. The molecule has 1 fully saturated rings. The summed E-state index contributed by atoms with van der Waals surface area (Å²) >= 11 is 0. The Morgan fingerprint density at radius 2 is 2.19 bits per heavy atom. The van der Waals surface area contributed by atoms with Gasteiger partial charge in [-0.3, -0.25) is 14.8 Å². The van der Waals surface area contributed by atoms with Crippen molar-refractivity contribution in [3.63, 3.8) is 0 Å². The third-order valence-electron chi connectivity index (χ3n) is 5.10. The number of aromatic amines is 1. The highest BCUT2D eigenvalue weighted by Gasteiger charge is 2.33. The number of H-pyrrole nitrogens is 1. The second-order valence-corrected chi connectivity index (χ2v) is 7.33. The number of nitrogens with one attached hydrogen (secondary N) is 2. The van der Waals surface area contributed by atoms with Gasteiger partial charge in [-0.25, -0.2) is 4.98 Å². The molecule has 1 saturated heterocycles. The van der Waals surface area contributed by atoms with E-state index >= 15 is 0 Å². The monoisotopic (exact) mass is 368 g/mol. The first-order valence-corrected chi connectivity index (χ1v) is 9.18. The Labute approximate surface area is 157 Å². The number of nitrogens with zero attached hydrogens (tertiary/aromatic N) is 4. The summed E-state index contributed by atoms with van der Waals surface area (Å²) in [5.41, 5.74) is 3.10. The minimum absolute atomic E-state index is 0.275. The number of β-amino-alcohol motifs (C(OH)–C–C–N with tert-alkyl or cyclic N) is 1. The Morgan fingerprint density at radius 3 is 2.96 bits per heavy atom. The Balaban J connectivity index is 1.42. The third-order valence-corrected chi connectivity index (χ3v) is 5.10. The lowest BCUT2D eigenvalue weighted by Gasteiger charge is -2.19. The summed E-state index contributed by atoms with van der Waals surface area (Å²) in [6.45, 7) is 5.92. The van der Waals surface area contributed by atoms with E-state index in [0.29, 0.717) is 31.4 Å². The van der Waals surface area contributed by atoms with E-state index in [1.807, 2.05) is 28.8 Å². The zero-order valence-corrected chi connectivity index (χ0v) is 15.5. The van der Waals surface area contributed by atoms with Crippen molar-refractivity contribution >= 4 is 16.9 Å². The molecule has 1 amide bonds. The minimum Gasteiger partial charge on any atom is -0.390 e. The summed E-state index contributed by atoms with van der Waals surface area (Å²) in [5.74, 6) is -0.275. The van der Waals surface area contributed by atoms with Gasteiger partial charge in [-0.2, -0.15) is 5.10 Å². The van der Waals surface area contributed by atoms with Crippen LogP contribution >= 0.6 is 0 Å². The molecule has 3 aromatic rings. The number of hydrogen-bond donors (Lipinski definition) is 3. The number of aromatic nitrogens is 4. The van der Waals surface area contributed by atoms with E-state index in [1.165, 1.54) is 0 Å². The third kappa shape index (κ3) is 3.58. The molecule has 0 bridgehead atoms. The molecular weight excluding hydrogens is 344 g/mol. The van der Waals surface area contributed by atoms with Crippen LogP contribution in [0.15, 0.2) is 36.7 Å². The van der Waals surface area contributed by atoms with E-state index in [0.717, 1.165) is 16.7 Å². The van der Waals surface area contributed by atoms with Gasteiger partial charge in [0.2, 0.25) is 0 Å². The summed E-state index contributed by atoms with van der Waals surface area (Å²) in [6.07, 6.45) is 1.22. The predicted octanol–water partition coefficient (Wildman–Crippen LogP) is 0.991. The second-order valence-electron chi connectivity index (χ2n) is 7.33. The van der Waals surface area contributed by atoms with Gasteiger partial charge in [-0.1, -0.05) is 12.1 Å². The van der Waals surface area contributed by atoms with Crippen LogP contribution in [0.1, 0.15) is 30.0 Å². The summed E-state index contributed by atoms with van der Waals surface area (Å²) in [6, 6.07) is 9.70. The molecule has 2 atom stereocenters. The van der Waals surface area contributed by atoms with Crippen LogP contribution in [0, 0.1) is 0 Å². The number of hydrogen-bond acceptors (Lipinski definition) is 5. The average Bonchev–Trinajstić information content (AvgIpc) is 3.36. The number of para-hydroxylation sites is 2. The lowest BCUT2D eigenvalue weighted by atomic mass is 10.2. The summed E-state index contributed by atoms with van der Waals surface area (Å²) < 4.78 is 2.01. The molecule has 3 heterocycles. The molecule has 142 valence electrons. The highest BCUT2D eigenvalue weighted by atomic mass is 16.3. The van der Waals surface area contributed by atoms with Gasteiger partial charge >= 0.3 is 0 Å². The summed E-state index contributed by atoms with van der Waals surface area (Å²) in [4.78, 5) is 19.0. The highest BCUT2D eigenvalue weighted by molar-refractivity contribution is 5.92. The van der Waals surface area contributed by atoms with Gasteiger partial charge in [0, 0.05) is 19.1 Å². The molecule has 0 unspecified atom stereocenters. The molecular formula is C19H24N6O2. The van der Waals surface area contributed by atoms with E-state index in [1.54, 1.807) is 12.4 Å². The van der Waals surface area contributed by atoms with Gasteiger partial charge in [0.15, 0.2) is 0 Å². The van der Waals surface area contributed by atoms with Crippen molar-refractivity contribution in [3.05, 3.63) is 48.0 Å². The number of rotatable bonds is 5. The van der Waals surface area contributed by atoms with Gasteiger partial charge in [-0.15, -0.1) is 0 Å². The molecule has 0 aliphatic carbocycles. The largest absolute Gasteiger partial charge is 0.390 e. The van der Waals surface area contributed by atoms with Gasteiger partial charge in [-0.05, 0) is 32.0 Å². The van der Waals surface area contributed by atoms with Crippen LogP contribution in [-0.4, -0.2) is 66.9 Å². The molecule has 3 N–H and O–H groups in total. The normalized spacial score (nSPS) is 20.6. The molecule has 27 heavy (non-hydrogen) atoms. The van der Waals surface area contributed by atoms with E-state index in [9.17, 15) is 9.90 Å². The number of likely N-dealkylation sites (tertiary alicyclic amines) is 1. The van der Waals surface area contributed by atoms with Crippen molar-refractivity contribution in [3.8, 4) is 0 Å². The standard InChI is InChI=1S/C19H24N6O2/c1-12(2)24-9-16(18(26)10-24)21-19(27)15-7-13(22-23-15)8-25-11-20-14-5-3-4-6-17(14)25/h3-7,11-12,16,18,26H,8-10H2,1-2H3,(H,21,27)(H,22,23)/t16-,18-/m0/s1. The van der Waals surface area contributed by atoms with Crippen LogP contribution < -0.4 is 5.32 Å². The zero-order valence-electron chi connectivity index (χ0n) is 15.5. The van der Waals surface area contributed by atoms with Crippen molar-refractivity contribution in [2.75, 3.05) is 13.1 Å². The van der Waals surface area contributed by atoms with E-state index < -0.39 is 6.10 Å². The Hall–Kier alpha value is -2.71. The van der Waals surface area contributed by atoms with Crippen LogP contribution in [0.2, 0.25) is 0 Å². The molecule has 1 aromatic carbocycles. The number of amides is 1. The number of carbonyl (C=O) groups is 1. The van der Waals surface area contributed by atoms with Crippen LogP contribution in [-0.2, 0) is 6.54 Å². The van der Waals surface area contributed by atoms with Crippen molar-refractivity contribution in [2.45, 2.75) is 38.6 Å². The topological polar surface area (TPSA) is 99.1 Å². The number of aliphatic hydroxyl groups is 1. The Kier molecular flexibility index (Phi) is 4.67. The molecule has 1 aliphatic rings. The smallest absolute Gasteiger partial charge is 0.272 e. The van der Waals surface area contributed by atoms with Gasteiger partial charge in [0.25, 0.3) is 5.91 Å². The lowest BCUT2D eigenvalue weighted by Crippen LogP contribution is -2.43. The maximum absolute atomic E-state index is 12.5. The maximum atomic E-state index is 12.5. The zero-order chi connectivity index (χ0) is 19.0. The van der Waals surface area contributed by atoms with Crippen molar-refractivity contribution in [1.29, 1.82) is 0 Å². The van der Waals surface area contributed by atoms with Crippen molar-refractivity contribution in [1.82, 2.24) is 30.0 Å². The molecule has 0 saturated carbocycles. The molecule has 1 aliphatic heterocycles. The van der Waals surface area contributed by atoms with Crippen molar-refractivity contribution < 1.29 is 9.90 Å².